The molecule has 0 atom stereocenters. The number of hydrogen-bond acceptors (Lipinski definition) is 4. The summed E-state index contributed by atoms with van der Waals surface area (Å²) < 4.78 is 10.7. The highest BCUT2D eigenvalue weighted by molar-refractivity contribution is 5.97. The van der Waals surface area contributed by atoms with Gasteiger partial charge in [0.15, 0.2) is 5.76 Å². The molecule has 1 aromatic heterocycles. The monoisotopic (exact) mass is 342 g/mol. The average Bonchev–Trinajstić information content (AvgIpc) is 3.17. The van der Waals surface area contributed by atoms with Crippen LogP contribution in [0.5, 0.6) is 5.75 Å². The second kappa shape index (κ2) is 7.88. The van der Waals surface area contributed by atoms with Crippen molar-refractivity contribution in [2.24, 2.45) is 0 Å². The Balaban J connectivity index is 1.55. The Labute approximate surface area is 146 Å². The van der Waals surface area contributed by atoms with Crippen molar-refractivity contribution in [1.29, 1.82) is 0 Å². The summed E-state index contributed by atoms with van der Waals surface area (Å²) in [4.78, 5) is 26.5. The van der Waals surface area contributed by atoms with Gasteiger partial charge in [0, 0.05) is 19.1 Å². The summed E-state index contributed by atoms with van der Waals surface area (Å²) in [5.74, 6) is 0.706. The van der Waals surface area contributed by atoms with Gasteiger partial charge in [-0.3, -0.25) is 9.59 Å². The zero-order valence-electron chi connectivity index (χ0n) is 14.2. The van der Waals surface area contributed by atoms with E-state index in [0.29, 0.717) is 36.8 Å². The molecule has 132 valence electrons. The number of carbonyl (C=O) groups excluding carboxylic acids is 2. The summed E-state index contributed by atoms with van der Waals surface area (Å²) in [5.41, 5.74) is 0.540. The maximum absolute atomic E-state index is 12.5. The topological polar surface area (TPSA) is 71.8 Å². The minimum absolute atomic E-state index is 0.0443. The molecule has 2 aromatic rings. The molecular formula is C19H22N2O4. The first-order chi connectivity index (χ1) is 12.2. The van der Waals surface area contributed by atoms with Crippen LogP contribution in [0, 0.1) is 0 Å². The highest BCUT2D eigenvalue weighted by Crippen LogP contribution is 2.19. The number of rotatable bonds is 5. The molecule has 0 aliphatic carbocycles. The first-order valence-electron chi connectivity index (χ1n) is 8.54. The van der Waals surface area contributed by atoms with Crippen LogP contribution in [0.2, 0.25) is 0 Å². The number of furan rings is 1. The Hall–Kier alpha value is -2.76. The normalized spacial score (nSPS) is 15.0. The molecule has 2 amide bonds. The fraction of sp³-hybridized carbons (Fsp3) is 0.368. The first-order valence-corrected chi connectivity index (χ1v) is 8.54. The predicted octanol–water partition coefficient (Wildman–Crippen LogP) is 2.71. The Morgan fingerprint density at radius 1 is 1.20 bits per heavy atom. The molecule has 1 aliphatic rings. The van der Waals surface area contributed by atoms with Crippen molar-refractivity contribution < 1.29 is 18.7 Å². The van der Waals surface area contributed by atoms with Gasteiger partial charge in [-0.15, -0.1) is 0 Å². The van der Waals surface area contributed by atoms with Crippen molar-refractivity contribution in [2.75, 3.05) is 19.7 Å². The minimum atomic E-state index is -0.139. The predicted molar refractivity (Wildman–Crippen MR) is 92.7 cm³/mol. The quantitative estimate of drug-likeness (QED) is 0.907. The lowest BCUT2D eigenvalue weighted by atomic mass is 10.0. The molecule has 6 heteroatoms. The van der Waals surface area contributed by atoms with E-state index < -0.39 is 0 Å². The first kappa shape index (κ1) is 17.1. The summed E-state index contributed by atoms with van der Waals surface area (Å²) >= 11 is 0. The van der Waals surface area contributed by atoms with Crippen LogP contribution in [0.4, 0.5) is 0 Å². The van der Waals surface area contributed by atoms with Crippen LogP contribution in [0.25, 0.3) is 0 Å². The fourth-order valence-corrected chi connectivity index (χ4v) is 2.98. The number of benzene rings is 1. The van der Waals surface area contributed by atoms with Gasteiger partial charge in [-0.1, -0.05) is 12.1 Å². The Morgan fingerprint density at radius 2 is 1.96 bits per heavy atom. The van der Waals surface area contributed by atoms with E-state index in [1.54, 1.807) is 29.2 Å². The molecule has 1 aliphatic heterocycles. The average molecular weight is 342 g/mol. The lowest BCUT2D eigenvalue weighted by molar-refractivity contribution is 0.0667. The van der Waals surface area contributed by atoms with E-state index in [1.807, 2.05) is 19.1 Å². The molecule has 1 saturated heterocycles. The second-order valence-corrected chi connectivity index (χ2v) is 5.95. The van der Waals surface area contributed by atoms with E-state index in [0.717, 1.165) is 12.8 Å². The zero-order chi connectivity index (χ0) is 17.6. The van der Waals surface area contributed by atoms with Crippen molar-refractivity contribution in [3.63, 3.8) is 0 Å². The number of para-hydroxylation sites is 1. The molecule has 1 aromatic carbocycles. The number of amides is 2. The molecule has 6 nitrogen and oxygen atoms in total. The number of nitrogens with zero attached hydrogens (tertiary/aromatic N) is 1. The van der Waals surface area contributed by atoms with Gasteiger partial charge in [0.1, 0.15) is 5.75 Å². The summed E-state index contributed by atoms with van der Waals surface area (Å²) in [5, 5.41) is 3.05. The number of likely N-dealkylation sites (tertiary alicyclic amines) is 1. The maximum atomic E-state index is 12.5. The molecule has 0 unspecified atom stereocenters. The molecule has 2 heterocycles. The van der Waals surface area contributed by atoms with Crippen LogP contribution in [0.15, 0.2) is 47.1 Å². The van der Waals surface area contributed by atoms with E-state index in [-0.39, 0.29) is 17.9 Å². The lowest BCUT2D eigenvalue weighted by Crippen LogP contribution is -2.46. The van der Waals surface area contributed by atoms with Crippen LogP contribution in [-0.4, -0.2) is 42.5 Å². The lowest BCUT2D eigenvalue weighted by Gasteiger charge is -2.32. The molecule has 0 spiro atoms. The smallest absolute Gasteiger partial charge is 0.289 e. The summed E-state index contributed by atoms with van der Waals surface area (Å²) in [6, 6.07) is 10.6. The number of carbonyl (C=O) groups is 2. The van der Waals surface area contributed by atoms with Gasteiger partial charge >= 0.3 is 0 Å². The summed E-state index contributed by atoms with van der Waals surface area (Å²) in [6.07, 6.45) is 2.93. The second-order valence-electron chi connectivity index (χ2n) is 5.95. The van der Waals surface area contributed by atoms with Gasteiger partial charge in [-0.05, 0) is 44.0 Å². The van der Waals surface area contributed by atoms with E-state index in [4.69, 9.17) is 9.15 Å². The molecule has 1 fully saturated rings. The van der Waals surface area contributed by atoms with Crippen molar-refractivity contribution in [3.8, 4) is 5.75 Å². The van der Waals surface area contributed by atoms with Crippen molar-refractivity contribution in [2.45, 2.75) is 25.8 Å². The van der Waals surface area contributed by atoms with Crippen LogP contribution < -0.4 is 10.1 Å². The van der Waals surface area contributed by atoms with Gasteiger partial charge < -0.3 is 19.4 Å². The number of hydrogen-bond donors (Lipinski definition) is 1. The molecule has 0 saturated carbocycles. The number of ether oxygens (including phenoxy) is 1. The van der Waals surface area contributed by atoms with Gasteiger partial charge in [-0.2, -0.15) is 0 Å². The van der Waals surface area contributed by atoms with E-state index >= 15 is 0 Å². The molecule has 0 bridgehead atoms. The van der Waals surface area contributed by atoms with Crippen LogP contribution in [0.1, 0.15) is 40.7 Å². The van der Waals surface area contributed by atoms with Crippen molar-refractivity contribution in [3.05, 3.63) is 54.0 Å². The number of nitrogens with one attached hydrogen (secondary N) is 1. The van der Waals surface area contributed by atoms with Crippen LogP contribution in [-0.2, 0) is 0 Å². The molecular weight excluding hydrogens is 320 g/mol. The van der Waals surface area contributed by atoms with Gasteiger partial charge in [0.05, 0.1) is 18.4 Å². The standard InChI is InChI=1S/C19H22N2O4/c1-2-24-16-7-4-3-6-15(16)18(22)20-14-9-11-21(12-10-14)19(23)17-8-5-13-25-17/h3-8,13-14H,2,9-12H2,1H3,(H,20,22). The summed E-state index contributed by atoms with van der Waals surface area (Å²) in [6.45, 7) is 3.59. The minimum Gasteiger partial charge on any atom is -0.493 e. The fourth-order valence-electron chi connectivity index (χ4n) is 2.98. The largest absolute Gasteiger partial charge is 0.493 e. The SMILES string of the molecule is CCOc1ccccc1C(=O)NC1CCN(C(=O)c2ccco2)CC1. The Kier molecular flexibility index (Phi) is 5.38. The summed E-state index contributed by atoms with van der Waals surface area (Å²) in [7, 11) is 0. The van der Waals surface area contributed by atoms with Crippen molar-refractivity contribution >= 4 is 11.8 Å². The highest BCUT2D eigenvalue weighted by atomic mass is 16.5. The van der Waals surface area contributed by atoms with E-state index in [1.165, 1.54) is 6.26 Å². The highest BCUT2D eigenvalue weighted by Gasteiger charge is 2.26. The van der Waals surface area contributed by atoms with E-state index in [9.17, 15) is 9.59 Å². The maximum Gasteiger partial charge on any atom is 0.289 e. The van der Waals surface area contributed by atoms with Gasteiger partial charge in [0.25, 0.3) is 11.8 Å². The Morgan fingerprint density at radius 3 is 2.64 bits per heavy atom. The third kappa shape index (κ3) is 4.02. The van der Waals surface area contributed by atoms with Crippen molar-refractivity contribution in [1.82, 2.24) is 10.2 Å². The third-order valence-corrected chi connectivity index (χ3v) is 4.28. The zero-order valence-corrected chi connectivity index (χ0v) is 14.2. The van der Waals surface area contributed by atoms with Crippen LogP contribution >= 0.6 is 0 Å². The number of piperidine rings is 1. The third-order valence-electron chi connectivity index (χ3n) is 4.28. The molecule has 1 N–H and O–H groups in total. The van der Waals surface area contributed by atoms with Gasteiger partial charge in [-0.25, -0.2) is 0 Å². The molecule has 0 radical (unpaired) electrons. The Bertz CT molecular complexity index is 719. The molecule has 25 heavy (non-hydrogen) atoms. The van der Waals surface area contributed by atoms with E-state index in [2.05, 4.69) is 5.32 Å². The van der Waals surface area contributed by atoms with Crippen LogP contribution in [0.3, 0.4) is 0 Å². The van der Waals surface area contributed by atoms with Gasteiger partial charge in [0.2, 0.25) is 0 Å². The molecule has 3 rings (SSSR count).